The van der Waals surface area contributed by atoms with Gasteiger partial charge >= 0.3 is 0 Å². The van der Waals surface area contributed by atoms with E-state index in [0.29, 0.717) is 37.4 Å². The SMILES string of the molecule is COCCNC(=O)c1cc2n(n1)C[C@@H](NC(=O)c1ccc(C)nc1)C2. The Kier molecular flexibility index (Phi) is 5.08. The number of aromatic nitrogens is 3. The molecule has 2 aromatic rings. The van der Waals surface area contributed by atoms with Crippen LogP contribution >= 0.6 is 0 Å². The first-order valence-electron chi connectivity index (χ1n) is 8.14. The molecule has 3 rings (SSSR count). The third kappa shape index (κ3) is 4.03. The van der Waals surface area contributed by atoms with E-state index in [9.17, 15) is 9.59 Å². The molecule has 25 heavy (non-hydrogen) atoms. The van der Waals surface area contributed by atoms with E-state index in [-0.39, 0.29) is 17.9 Å². The summed E-state index contributed by atoms with van der Waals surface area (Å²) in [5.41, 5.74) is 2.73. The number of pyridine rings is 1. The van der Waals surface area contributed by atoms with Gasteiger partial charge in [0.1, 0.15) is 5.69 Å². The van der Waals surface area contributed by atoms with E-state index >= 15 is 0 Å². The summed E-state index contributed by atoms with van der Waals surface area (Å²) >= 11 is 0. The molecule has 2 aromatic heterocycles. The molecular formula is C17H21N5O3. The second-order valence-electron chi connectivity index (χ2n) is 6.01. The van der Waals surface area contributed by atoms with Gasteiger partial charge in [0.2, 0.25) is 0 Å². The minimum absolute atomic E-state index is 0.0399. The van der Waals surface area contributed by atoms with Gasteiger partial charge in [0, 0.05) is 37.7 Å². The van der Waals surface area contributed by atoms with Gasteiger partial charge in [-0.05, 0) is 25.1 Å². The predicted molar refractivity (Wildman–Crippen MR) is 90.4 cm³/mol. The van der Waals surface area contributed by atoms with Crippen LogP contribution in [0.25, 0.3) is 0 Å². The number of ether oxygens (including phenoxy) is 1. The molecule has 2 amide bonds. The normalized spacial score (nSPS) is 15.7. The van der Waals surface area contributed by atoms with Gasteiger partial charge in [-0.2, -0.15) is 5.10 Å². The number of fused-ring (bicyclic) bond motifs is 1. The fourth-order valence-electron chi connectivity index (χ4n) is 2.74. The summed E-state index contributed by atoms with van der Waals surface area (Å²) in [7, 11) is 1.58. The largest absolute Gasteiger partial charge is 0.383 e. The molecule has 0 aliphatic carbocycles. The highest BCUT2D eigenvalue weighted by Crippen LogP contribution is 2.16. The number of nitrogens with zero attached hydrogens (tertiary/aromatic N) is 3. The van der Waals surface area contributed by atoms with Gasteiger partial charge < -0.3 is 15.4 Å². The molecule has 0 saturated heterocycles. The summed E-state index contributed by atoms with van der Waals surface area (Å²) in [6, 6.07) is 5.29. The average molecular weight is 343 g/mol. The highest BCUT2D eigenvalue weighted by Gasteiger charge is 2.26. The summed E-state index contributed by atoms with van der Waals surface area (Å²) < 4.78 is 6.67. The monoisotopic (exact) mass is 343 g/mol. The quantitative estimate of drug-likeness (QED) is 0.736. The fourth-order valence-corrected chi connectivity index (χ4v) is 2.74. The van der Waals surface area contributed by atoms with Crippen LogP contribution in [0.5, 0.6) is 0 Å². The van der Waals surface area contributed by atoms with Gasteiger partial charge in [-0.15, -0.1) is 0 Å². The topological polar surface area (TPSA) is 98.1 Å². The van der Waals surface area contributed by atoms with E-state index in [4.69, 9.17) is 4.74 Å². The summed E-state index contributed by atoms with van der Waals surface area (Å²) in [5, 5.41) is 10.0. The first-order chi connectivity index (χ1) is 12.1. The van der Waals surface area contributed by atoms with Crippen LogP contribution < -0.4 is 10.6 Å². The molecule has 2 N–H and O–H groups in total. The maximum atomic E-state index is 12.3. The van der Waals surface area contributed by atoms with Gasteiger partial charge in [0.15, 0.2) is 0 Å². The van der Waals surface area contributed by atoms with Gasteiger partial charge in [0.05, 0.1) is 24.8 Å². The average Bonchev–Trinajstić information content (AvgIpc) is 3.14. The van der Waals surface area contributed by atoms with Crippen LogP contribution in [0.15, 0.2) is 24.4 Å². The van der Waals surface area contributed by atoms with Crippen molar-refractivity contribution in [3.8, 4) is 0 Å². The van der Waals surface area contributed by atoms with Crippen molar-refractivity contribution in [2.24, 2.45) is 0 Å². The van der Waals surface area contributed by atoms with Crippen molar-refractivity contribution in [2.45, 2.75) is 25.9 Å². The van der Waals surface area contributed by atoms with E-state index < -0.39 is 0 Å². The Bertz CT molecular complexity index is 746. The molecule has 0 radical (unpaired) electrons. The lowest BCUT2D eigenvalue weighted by Crippen LogP contribution is -2.36. The smallest absolute Gasteiger partial charge is 0.271 e. The van der Waals surface area contributed by atoms with Crippen molar-refractivity contribution in [1.82, 2.24) is 25.4 Å². The molecule has 3 heterocycles. The van der Waals surface area contributed by atoms with Crippen LogP contribution in [0.1, 0.15) is 32.2 Å². The van der Waals surface area contributed by atoms with Crippen molar-refractivity contribution < 1.29 is 14.3 Å². The molecule has 0 spiro atoms. The van der Waals surface area contributed by atoms with Gasteiger partial charge in [-0.1, -0.05) is 0 Å². The van der Waals surface area contributed by atoms with Crippen LogP contribution in [0.2, 0.25) is 0 Å². The molecular weight excluding hydrogens is 322 g/mol. The molecule has 8 nitrogen and oxygen atoms in total. The first kappa shape index (κ1) is 17.1. The molecule has 0 saturated carbocycles. The highest BCUT2D eigenvalue weighted by atomic mass is 16.5. The Morgan fingerprint density at radius 3 is 2.88 bits per heavy atom. The summed E-state index contributed by atoms with van der Waals surface area (Å²) in [4.78, 5) is 28.4. The number of carbonyl (C=O) groups excluding carboxylic acids is 2. The standard InChI is InChI=1S/C17H21N5O3/c1-11-3-4-12(9-19-11)16(23)20-13-7-14-8-15(21-22(14)10-13)17(24)18-5-6-25-2/h3-4,8-9,13H,5-7,10H2,1-2H3,(H,18,24)(H,20,23)/t13-/m0/s1. The molecule has 1 atom stereocenters. The van der Waals surface area contributed by atoms with Crippen LogP contribution in [-0.2, 0) is 17.7 Å². The number of rotatable bonds is 6. The Morgan fingerprint density at radius 1 is 1.36 bits per heavy atom. The minimum Gasteiger partial charge on any atom is -0.383 e. The zero-order valence-electron chi connectivity index (χ0n) is 14.3. The summed E-state index contributed by atoms with van der Waals surface area (Å²) in [6.07, 6.45) is 2.21. The maximum absolute atomic E-state index is 12.3. The van der Waals surface area contributed by atoms with E-state index in [1.54, 1.807) is 30.1 Å². The van der Waals surface area contributed by atoms with Crippen LogP contribution in [0.3, 0.4) is 0 Å². The van der Waals surface area contributed by atoms with Crippen molar-refractivity contribution in [3.05, 3.63) is 47.0 Å². The van der Waals surface area contributed by atoms with Gasteiger partial charge in [-0.25, -0.2) is 0 Å². The lowest BCUT2D eigenvalue weighted by Gasteiger charge is -2.11. The molecule has 1 aliphatic heterocycles. The second-order valence-corrected chi connectivity index (χ2v) is 6.01. The minimum atomic E-state index is -0.217. The van der Waals surface area contributed by atoms with Crippen molar-refractivity contribution in [2.75, 3.05) is 20.3 Å². The summed E-state index contributed by atoms with van der Waals surface area (Å²) in [6.45, 7) is 3.33. The molecule has 0 bridgehead atoms. The Labute approximate surface area is 145 Å². The Morgan fingerprint density at radius 2 is 2.20 bits per heavy atom. The van der Waals surface area contributed by atoms with Crippen molar-refractivity contribution >= 4 is 11.8 Å². The maximum Gasteiger partial charge on any atom is 0.271 e. The molecule has 132 valence electrons. The fraction of sp³-hybridized carbons (Fsp3) is 0.412. The number of aryl methyl sites for hydroxylation is 1. The Hall–Kier alpha value is -2.74. The summed E-state index contributed by atoms with van der Waals surface area (Å²) in [5.74, 6) is -0.369. The van der Waals surface area contributed by atoms with Crippen molar-refractivity contribution in [1.29, 1.82) is 0 Å². The number of methoxy groups -OCH3 is 1. The van der Waals surface area contributed by atoms with Crippen LogP contribution in [0.4, 0.5) is 0 Å². The lowest BCUT2D eigenvalue weighted by molar-refractivity contribution is 0.0921. The number of amides is 2. The molecule has 1 aliphatic rings. The van der Waals surface area contributed by atoms with Crippen molar-refractivity contribution in [3.63, 3.8) is 0 Å². The first-order valence-corrected chi connectivity index (χ1v) is 8.14. The number of nitrogens with one attached hydrogen (secondary N) is 2. The number of carbonyl (C=O) groups is 2. The number of hydrogen-bond acceptors (Lipinski definition) is 5. The van der Waals surface area contributed by atoms with Crippen LogP contribution in [-0.4, -0.2) is 52.9 Å². The van der Waals surface area contributed by atoms with E-state index in [1.807, 2.05) is 13.0 Å². The molecule has 0 aromatic carbocycles. The number of hydrogen-bond donors (Lipinski definition) is 2. The van der Waals surface area contributed by atoms with E-state index in [0.717, 1.165) is 11.4 Å². The van der Waals surface area contributed by atoms with Crippen LogP contribution in [0, 0.1) is 6.92 Å². The molecule has 8 heteroatoms. The molecule has 0 fully saturated rings. The predicted octanol–water partition coefficient (Wildman–Crippen LogP) is 0.317. The third-order valence-corrected chi connectivity index (χ3v) is 4.05. The second kappa shape index (κ2) is 7.43. The van der Waals surface area contributed by atoms with E-state index in [2.05, 4.69) is 20.7 Å². The van der Waals surface area contributed by atoms with Gasteiger partial charge in [0.25, 0.3) is 11.8 Å². The zero-order chi connectivity index (χ0) is 17.8. The zero-order valence-corrected chi connectivity index (χ0v) is 14.3. The molecule has 0 unspecified atom stereocenters. The lowest BCUT2D eigenvalue weighted by atomic mass is 10.1. The Balaban J connectivity index is 1.55. The third-order valence-electron chi connectivity index (χ3n) is 4.05. The van der Waals surface area contributed by atoms with E-state index in [1.165, 1.54) is 0 Å². The van der Waals surface area contributed by atoms with Gasteiger partial charge in [-0.3, -0.25) is 19.3 Å². The highest BCUT2D eigenvalue weighted by molar-refractivity contribution is 5.94.